The Labute approximate surface area is 156 Å². The molecule has 2 heterocycles. The first-order valence-corrected chi connectivity index (χ1v) is 11.8. The highest BCUT2D eigenvalue weighted by molar-refractivity contribution is 7.95. The molecule has 0 bridgehead atoms. The Morgan fingerprint density at radius 2 is 2.12 bits per heavy atom. The van der Waals surface area contributed by atoms with Gasteiger partial charge in [-0.05, 0) is 12.5 Å². The van der Waals surface area contributed by atoms with E-state index in [1.54, 1.807) is 6.92 Å². The number of carbonyl (C=O) groups excluding carboxylic acids is 1. The van der Waals surface area contributed by atoms with E-state index in [4.69, 9.17) is 14.6 Å². The molecule has 0 saturated heterocycles. The van der Waals surface area contributed by atoms with Crippen LogP contribution < -0.4 is 10.5 Å². The second kappa shape index (κ2) is 8.31. The zero-order chi connectivity index (χ0) is 19.5. The molecular formula is C14H22N2O7S3. The van der Waals surface area contributed by atoms with Crippen molar-refractivity contribution in [2.75, 3.05) is 26.9 Å². The van der Waals surface area contributed by atoms with Crippen LogP contribution in [0.1, 0.15) is 31.4 Å². The number of fused-ring (bicyclic) bond motifs is 1. The molecule has 0 spiro atoms. The lowest BCUT2D eigenvalue weighted by Gasteiger charge is -2.29. The van der Waals surface area contributed by atoms with Crippen molar-refractivity contribution in [3.05, 3.63) is 11.6 Å². The van der Waals surface area contributed by atoms with Gasteiger partial charge < -0.3 is 14.8 Å². The molecule has 12 heteroatoms. The molecule has 1 aliphatic heterocycles. The van der Waals surface area contributed by atoms with Gasteiger partial charge in [0.05, 0.1) is 31.1 Å². The van der Waals surface area contributed by atoms with E-state index in [1.165, 1.54) is 13.2 Å². The third-order valence-electron chi connectivity index (χ3n) is 3.95. The number of sulfonamides is 1. The lowest BCUT2D eigenvalue weighted by atomic mass is 10.0. The van der Waals surface area contributed by atoms with Gasteiger partial charge in [0, 0.05) is 19.1 Å². The summed E-state index contributed by atoms with van der Waals surface area (Å²) in [5, 5.41) is 6.98. The molecule has 1 amide bonds. The summed E-state index contributed by atoms with van der Waals surface area (Å²) in [5.74, 6) is -0.261. The Bertz CT molecular complexity index is 861. The summed E-state index contributed by atoms with van der Waals surface area (Å²) >= 11 is 0.603. The average molecular weight is 427 g/mol. The first kappa shape index (κ1) is 21.3. The second-order valence-corrected chi connectivity index (χ2v) is 11.1. The highest BCUT2D eigenvalue weighted by Crippen LogP contribution is 2.42. The number of rotatable bonds is 8. The molecule has 1 aromatic heterocycles. The number of nitrogens with two attached hydrogens (primary N) is 1. The molecule has 0 fully saturated rings. The van der Waals surface area contributed by atoms with E-state index in [1.807, 2.05) is 0 Å². The van der Waals surface area contributed by atoms with Crippen LogP contribution in [-0.2, 0) is 34.1 Å². The number of hydrogen-bond donors (Lipinski definition) is 2. The minimum absolute atomic E-state index is 0.0771. The predicted octanol–water partition coefficient (Wildman–Crippen LogP) is 0.172. The summed E-state index contributed by atoms with van der Waals surface area (Å²) in [6.07, 6.45) is 0.314. The van der Waals surface area contributed by atoms with E-state index < -0.39 is 31.2 Å². The van der Waals surface area contributed by atoms with Gasteiger partial charge in [0.2, 0.25) is 15.9 Å². The van der Waals surface area contributed by atoms with Crippen molar-refractivity contribution in [1.82, 2.24) is 5.32 Å². The van der Waals surface area contributed by atoms with Crippen LogP contribution >= 0.6 is 11.3 Å². The zero-order valence-corrected chi connectivity index (χ0v) is 16.9. The smallest absolute Gasteiger partial charge is 0.247 e. The number of methoxy groups -OCH3 is 1. The van der Waals surface area contributed by atoms with Crippen LogP contribution in [0, 0.1) is 0 Å². The fourth-order valence-corrected chi connectivity index (χ4v) is 7.13. The fraction of sp³-hybridized carbons (Fsp3) is 0.643. The van der Waals surface area contributed by atoms with Gasteiger partial charge in [0.25, 0.3) is 0 Å². The number of nitrogens with one attached hydrogen (secondary N) is 1. The molecular weight excluding hydrogens is 404 g/mol. The molecule has 2 rings (SSSR count). The molecule has 2 unspecified atom stereocenters. The summed E-state index contributed by atoms with van der Waals surface area (Å²) in [4.78, 5) is 11.8. The van der Waals surface area contributed by atoms with Crippen LogP contribution in [0.15, 0.2) is 14.5 Å². The first-order chi connectivity index (χ1) is 12.1. The summed E-state index contributed by atoms with van der Waals surface area (Å²) in [5.41, 5.74) is 0.258. The van der Waals surface area contributed by atoms with Gasteiger partial charge >= 0.3 is 0 Å². The zero-order valence-electron chi connectivity index (χ0n) is 14.4. The van der Waals surface area contributed by atoms with Gasteiger partial charge in [-0.1, -0.05) is 6.92 Å². The molecule has 26 heavy (non-hydrogen) atoms. The fourth-order valence-electron chi connectivity index (χ4n) is 2.59. The number of carbonyl (C=O) groups is 1. The quantitative estimate of drug-likeness (QED) is 0.564. The Morgan fingerprint density at radius 3 is 2.69 bits per heavy atom. The maximum Gasteiger partial charge on any atom is 0.247 e. The van der Waals surface area contributed by atoms with Crippen LogP contribution in [-0.4, -0.2) is 54.9 Å². The minimum Gasteiger partial charge on any atom is -0.382 e. The normalized spacial score (nSPS) is 22.0. The van der Waals surface area contributed by atoms with Crippen molar-refractivity contribution >= 4 is 37.1 Å². The summed E-state index contributed by atoms with van der Waals surface area (Å²) in [6, 6.07) is 0.610. The molecule has 2 atom stereocenters. The Morgan fingerprint density at radius 1 is 1.42 bits per heavy atom. The Kier molecular flexibility index (Phi) is 6.80. The van der Waals surface area contributed by atoms with Crippen LogP contribution in [0.3, 0.4) is 0 Å². The SMILES string of the molecule is CCC(=O)NC1CC(COCCOC)S(=O)(=O)c2sc(S(N)(=O)=O)cc21. The number of amides is 1. The van der Waals surface area contributed by atoms with Crippen LogP contribution in [0.2, 0.25) is 0 Å². The van der Waals surface area contributed by atoms with Crippen molar-refractivity contribution in [2.24, 2.45) is 5.14 Å². The molecule has 9 nitrogen and oxygen atoms in total. The van der Waals surface area contributed by atoms with E-state index in [-0.39, 0.29) is 45.9 Å². The molecule has 0 aliphatic carbocycles. The van der Waals surface area contributed by atoms with Gasteiger partial charge in [0.15, 0.2) is 9.84 Å². The van der Waals surface area contributed by atoms with E-state index in [0.717, 1.165) is 0 Å². The van der Waals surface area contributed by atoms with Crippen LogP contribution in [0.25, 0.3) is 0 Å². The number of thiophene rings is 1. The van der Waals surface area contributed by atoms with Crippen molar-refractivity contribution in [3.8, 4) is 0 Å². The third kappa shape index (κ3) is 4.61. The van der Waals surface area contributed by atoms with Gasteiger partial charge in [-0.25, -0.2) is 22.0 Å². The summed E-state index contributed by atoms with van der Waals surface area (Å²) < 4.78 is 58.9. The highest BCUT2D eigenvalue weighted by atomic mass is 32.3. The van der Waals surface area contributed by atoms with E-state index in [9.17, 15) is 21.6 Å². The number of sulfone groups is 1. The lowest BCUT2D eigenvalue weighted by molar-refractivity contribution is -0.121. The predicted molar refractivity (Wildman–Crippen MR) is 95.2 cm³/mol. The largest absolute Gasteiger partial charge is 0.382 e. The van der Waals surface area contributed by atoms with E-state index >= 15 is 0 Å². The molecule has 0 aromatic carbocycles. The van der Waals surface area contributed by atoms with Crippen molar-refractivity contribution in [1.29, 1.82) is 0 Å². The lowest BCUT2D eigenvalue weighted by Crippen LogP contribution is -2.39. The standard InChI is InChI=1S/C14H22N2O7S3/c1-3-12(17)16-11-6-9(8-23-5-4-22-2)25(18,19)14-10(11)7-13(24-14)26(15,20)21/h7,9,11H,3-6,8H2,1-2H3,(H,16,17)(H2,15,20,21). The average Bonchev–Trinajstić information content (AvgIpc) is 3.02. The van der Waals surface area contributed by atoms with Crippen LogP contribution in [0.5, 0.6) is 0 Å². The molecule has 0 radical (unpaired) electrons. The molecule has 1 aliphatic rings. The van der Waals surface area contributed by atoms with Gasteiger partial charge in [-0.3, -0.25) is 4.79 Å². The maximum atomic E-state index is 12.9. The van der Waals surface area contributed by atoms with Gasteiger partial charge in [-0.2, -0.15) is 0 Å². The van der Waals surface area contributed by atoms with Crippen molar-refractivity contribution in [2.45, 2.75) is 39.5 Å². The summed E-state index contributed by atoms with van der Waals surface area (Å²) in [6.45, 7) is 2.15. The highest BCUT2D eigenvalue weighted by Gasteiger charge is 2.42. The van der Waals surface area contributed by atoms with Crippen molar-refractivity contribution in [3.63, 3.8) is 0 Å². The topological polar surface area (TPSA) is 142 Å². The Balaban J connectivity index is 2.40. The number of primary sulfonamides is 1. The molecule has 148 valence electrons. The van der Waals surface area contributed by atoms with Crippen molar-refractivity contribution < 1.29 is 31.1 Å². The maximum absolute atomic E-state index is 12.9. The van der Waals surface area contributed by atoms with E-state index in [2.05, 4.69) is 5.32 Å². The monoisotopic (exact) mass is 426 g/mol. The van der Waals surface area contributed by atoms with Gasteiger partial charge in [-0.15, -0.1) is 11.3 Å². The molecule has 0 saturated carbocycles. The van der Waals surface area contributed by atoms with Gasteiger partial charge in [0.1, 0.15) is 8.42 Å². The Hall–Kier alpha value is -1.05. The molecule has 1 aromatic rings. The van der Waals surface area contributed by atoms with E-state index in [0.29, 0.717) is 17.9 Å². The van der Waals surface area contributed by atoms with Crippen LogP contribution in [0.4, 0.5) is 0 Å². The molecule has 3 N–H and O–H groups in total. The minimum atomic E-state index is -4.05. The third-order valence-corrected chi connectivity index (χ3v) is 9.22. The second-order valence-electron chi connectivity index (χ2n) is 5.80. The summed E-state index contributed by atoms with van der Waals surface area (Å²) in [7, 11) is -6.35. The first-order valence-electron chi connectivity index (χ1n) is 7.87. The number of ether oxygens (including phenoxy) is 2. The number of hydrogen-bond acceptors (Lipinski definition) is 8.